The highest BCUT2D eigenvalue weighted by molar-refractivity contribution is 9.10. The number of benzene rings is 4. The molecule has 0 spiro atoms. The van der Waals surface area contributed by atoms with Crippen LogP contribution in [0.2, 0.25) is 0 Å². The summed E-state index contributed by atoms with van der Waals surface area (Å²) in [5.74, 6) is 0. The number of halogens is 1. The Morgan fingerprint density at radius 1 is 0.655 bits per heavy atom. The molecule has 4 aromatic carbocycles. The third-order valence-corrected chi connectivity index (χ3v) is 6.09. The van der Waals surface area contributed by atoms with Crippen LogP contribution in [0.5, 0.6) is 0 Å². The molecular weight excluding hydrogens is 422 g/mol. The summed E-state index contributed by atoms with van der Waals surface area (Å²) in [6, 6.07) is 32.0. The van der Waals surface area contributed by atoms with Gasteiger partial charge >= 0.3 is 0 Å². The van der Waals surface area contributed by atoms with Crippen LogP contribution in [0.3, 0.4) is 0 Å². The summed E-state index contributed by atoms with van der Waals surface area (Å²) in [5.41, 5.74) is 6.75. The Morgan fingerprint density at radius 2 is 1.38 bits per heavy atom. The predicted molar refractivity (Wildman–Crippen MR) is 124 cm³/mol. The number of fused-ring (bicyclic) bond motifs is 5. The minimum Gasteiger partial charge on any atom is -0.462 e. The van der Waals surface area contributed by atoms with E-state index in [0.717, 1.165) is 26.6 Å². The summed E-state index contributed by atoms with van der Waals surface area (Å²) in [4.78, 5) is 0. The molecule has 0 aliphatic rings. The van der Waals surface area contributed by atoms with Gasteiger partial charge in [0, 0.05) is 26.3 Å². The van der Waals surface area contributed by atoms with E-state index in [4.69, 9.17) is 4.42 Å². The Balaban J connectivity index is 1.62. The van der Waals surface area contributed by atoms with Gasteiger partial charge in [-0.2, -0.15) is 0 Å². The number of hydrogen-bond acceptors (Lipinski definition) is 1. The monoisotopic (exact) mass is 437 g/mol. The molecule has 0 bridgehead atoms. The topological polar surface area (TPSA) is 18.1 Å². The van der Waals surface area contributed by atoms with Gasteiger partial charge < -0.3 is 8.98 Å². The van der Waals surface area contributed by atoms with Crippen molar-refractivity contribution in [3.05, 3.63) is 102 Å². The number of aromatic nitrogens is 1. The maximum atomic E-state index is 5.90. The van der Waals surface area contributed by atoms with E-state index in [2.05, 4.69) is 105 Å². The van der Waals surface area contributed by atoms with Crippen molar-refractivity contribution in [3.8, 4) is 16.8 Å². The van der Waals surface area contributed by atoms with Gasteiger partial charge in [0.25, 0.3) is 0 Å². The number of rotatable bonds is 2. The average Bonchev–Trinajstić information content (AvgIpc) is 3.37. The zero-order valence-corrected chi connectivity index (χ0v) is 17.1. The van der Waals surface area contributed by atoms with Gasteiger partial charge in [0.1, 0.15) is 0 Å². The van der Waals surface area contributed by atoms with Gasteiger partial charge in [-0.1, -0.05) is 70.5 Å². The van der Waals surface area contributed by atoms with E-state index in [1.165, 1.54) is 27.4 Å². The molecule has 0 saturated carbocycles. The van der Waals surface area contributed by atoms with Crippen molar-refractivity contribution in [2.45, 2.75) is 0 Å². The third-order valence-electron chi connectivity index (χ3n) is 5.56. The van der Waals surface area contributed by atoms with Crippen LogP contribution in [-0.4, -0.2) is 4.57 Å². The number of furan rings is 1. The van der Waals surface area contributed by atoms with Crippen molar-refractivity contribution < 1.29 is 4.42 Å². The fraction of sp³-hybridized carbons (Fsp3) is 0. The van der Waals surface area contributed by atoms with Gasteiger partial charge in [-0.15, -0.1) is 0 Å². The zero-order valence-electron chi connectivity index (χ0n) is 15.5. The minimum absolute atomic E-state index is 0.927. The van der Waals surface area contributed by atoms with E-state index < -0.39 is 0 Å². The molecule has 6 aromatic rings. The summed E-state index contributed by atoms with van der Waals surface area (Å²) in [6.45, 7) is 0. The second kappa shape index (κ2) is 6.36. The van der Waals surface area contributed by atoms with Crippen molar-refractivity contribution in [2.75, 3.05) is 0 Å². The molecular formula is C26H16BrNO. The van der Waals surface area contributed by atoms with Gasteiger partial charge in [0.15, 0.2) is 5.58 Å². The van der Waals surface area contributed by atoms with E-state index in [1.54, 1.807) is 6.26 Å². The Kier molecular flexibility index (Phi) is 3.65. The lowest BCUT2D eigenvalue weighted by atomic mass is 10.1. The quantitative estimate of drug-likeness (QED) is 0.268. The van der Waals surface area contributed by atoms with Crippen LogP contribution in [-0.2, 0) is 0 Å². The third kappa shape index (κ3) is 2.55. The lowest BCUT2D eigenvalue weighted by molar-refractivity contribution is 0.618. The predicted octanol–water partition coefficient (Wildman–Crippen LogP) is 7.96. The molecule has 0 aliphatic heterocycles. The van der Waals surface area contributed by atoms with Crippen molar-refractivity contribution in [3.63, 3.8) is 0 Å². The van der Waals surface area contributed by atoms with Gasteiger partial charge in [0.05, 0.1) is 17.3 Å². The smallest absolute Gasteiger partial charge is 0.158 e. The minimum atomic E-state index is 0.927. The zero-order chi connectivity index (χ0) is 19.4. The molecule has 29 heavy (non-hydrogen) atoms. The fourth-order valence-electron chi connectivity index (χ4n) is 4.19. The fourth-order valence-corrected chi connectivity index (χ4v) is 4.45. The second-order valence-corrected chi connectivity index (χ2v) is 8.12. The average molecular weight is 438 g/mol. The molecule has 0 atom stereocenters. The first-order valence-electron chi connectivity index (χ1n) is 9.55. The van der Waals surface area contributed by atoms with Gasteiger partial charge in [-0.3, -0.25) is 0 Å². The van der Waals surface area contributed by atoms with E-state index >= 15 is 0 Å². The first-order chi connectivity index (χ1) is 14.3. The Bertz CT molecular complexity index is 1490. The molecule has 0 saturated heterocycles. The number of hydrogen-bond donors (Lipinski definition) is 0. The summed E-state index contributed by atoms with van der Waals surface area (Å²) in [6.07, 6.45) is 1.77. The molecule has 0 unspecified atom stereocenters. The summed E-state index contributed by atoms with van der Waals surface area (Å²) in [5, 5.41) is 3.56. The second-order valence-electron chi connectivity index (χ2n) is 7.21. The van der Waals surface area contributed by atoms with Gasteiger partial charge in [-0.25, -0.2) is 0 Å². The molecule has 2 aromatic heterocycles. The van der Waals surface area contributed by atoms with Crippen LogP contribution < -0.4 is 0 Å². The highest BCUT2D eigenvalue weighted by Gasteiger charge is 2.16. The van der Waals surface area contributed by atoms with Gasteiger partial charge in [0.2, 0.25) is 0 Å². The van der Waals surface area contributed by atoms with E-state index in [1.807, 2.05) is 6.07 Å². The molecule has 0 amide bonds. The van der Waals surface area contributed by atoms with E-state index in [9.17, 15) is 0 Å². The van der Waals surface area contributed by atoms with Crippen LogP contribution >= 0.6 is 15.9 Å². The summed E-state index contributed by atoms with van der Waals surface area (Å²) in [7, 11) is 0. The van der Waals surface area contributed by atoms with E-state index in [-0.39, 0.29) is 0 Å². The van der Waals surface area contributed by atoms with Crippen molar-refractivity contribution in [1.82, 2.24) is 4.57 Å². The molecule has 0 radical (unpaired) electrons. The summed E-state index contributed by atoms with van der Waals surface area (Å²) < 4.78 is 9.30. The Labute approximate surface area is 176 Å². The number of para-hydroxylation sites is 1. The standard InChI is InChI=1S/C26H16BrNO/c27-20-10-5-17(6-11-20)18-7-12-21(13-8-18)28-24-4-2-1-3-22(24)23-14-9-19-15-16-29-26(19)25(23)28/h1-16H. The first-order valence-corrected chi connectivity index (χ1v) is 10.3. The van der Waals surface area contributed by atoms with Crippen LogP contribution in [0.15, 0.2) is 106 Å². The maximum Gasteiger partial charge on any atom is 0.158 e. The van der Waals surface area contributed by atoms with E-state index in [0.29, 0.717) is 0 Å². The highest BCUT2D eigenvalue weighted by Crippen LogP contribution is 2.37. The first kappa shape index (κ1) is 16.6. The van der Waals surface area contributed by atoms with Crippen LogP contribution in [0.1, 0.15) is 0 Å². The van der Waals surface area contributed by atoms with Crippen LogP contribution in [0, 0.1) is 0 Å². The number of nitrogens with zero attached hydrogens (tertiary/aromatic N) is 1. The van der Waals surface area contributed by atoms with Crippen molar-refractivity contribution in [1.29, 1.82) is 0 Å². The highest BCUT2D eigenvalue weighted by atomic mass is 79.9. The molecule has 3 heteroatoms. The van der Waals surface area contributed by atoms with Crippen molar-refractivity contribution >= 4 is 48.7 Å². The molecule has 0 N–H and O–H groups in total. The lowest BCUT2D eigenvalue weighted by Crippen LogP contribution is -1.94. The molecule has 2 heterocycles. The molecule has 0 aliphatic carbocycles. The van der Waals surface area contributed by atoms with Crippen LogP contribution in [0.4, 0.5) is 0 Å². The SMILES string of the molecule is Brc1ccc(-c2ccc(-n3c4ccccc4c4ccc5ccoc5c43)cc2)cc1. The van der Waals surface area contributed by atoms with Gasteiger partial charge in [-0.05, 0) is 47.5 Å². The van der Waals surface area contributed by atoms with Crippen molar-refractivity contribution in [2.24, 2.45) is 0 Å². The normalized spacial score (nSPS) is 11.6. The van der Waals surface area contributed by atoms with Crippen LogP contribution in [0.25, 0.3) is 49.6 Å². The molecule has 0 fully saturated rings. The lowest BCUT2D eigenvalue weighted by Gasteiger charge is -2.10. The largest absolute Gasteiger partial charge is 0.462 e. The maximum absolute atomic E-state index is 5.90. The molecule has 2 nitrogen and oxygen atoms in total. The summed E-state index contributed by atoms with van der Waals surface area (Å²) >= 11 is 3.51. The molecule has 138 valence electrons. The molecule has 6 rings (SSSR count). The Morgan fingerprint density at radius 3 is 2.17 bits per heavy atom. The Hall–Kier alpha value is -3.30.